The Morgan fingerprint density at radius 3 is 2.85 bits per heavy atom. The van der Waals surface area contributed by atoms with E-state index in [-0.39, 0.29) is 5.78 Å². The molecule has 1 aromatic heterocycles. The molecule has 20 heavy (non-hydrogen) atoms. The van der Waals surface area contributed by atoms with Crippen molar-refractivity contribution in [1.29, 1.82) is 0 Å². The van der Waals surface area contributed by atoms with Gasteiger partial charge in [-0.1, -0.05) is 26.0 Å². The summed E-state index contributed by atoms with van der Waals surface area (Å²) in [6, 6.07) is 8.17. The molecule has 0 amide bonds. The maximum absolute atomic E-state index is 11.2. The van der Waals surface area contributed by atoms with Crippen LogP contribution in [0.2, 0.25) is 0 Å². The molecule has 0 aliphatic heterocycles. The number of hydrogen-bond donors (Lipinski definition) is 0. The number of ether oxygens (including phenoxy) is 1. The van der Waals surface area contributed by atoms with E-state index >= 15 is 0 Å². The van der Waals surface area contributed by atoms with Gasteiger partial charge in [0.15, 0.2) is 5.78 Å². The highest BCUT2D eigenvalue weighted by Crippen LogP contribution is 2.20. The van der Waals surface area contributed by atoms with E-state index < -0.39 is 0 Å². The van der Waals surface area contributed by atoms with Crippen molar-refractivity contribution in [3.63, 3.8) is 0 Å². The second-order valence-corrected chi connectivity index (χ2v) is 5.95. The van der Waals surface area contributed by atoms with Crippen LogP contribution < -0.4 is 4.74 Å². The van der Waals surface area contributed by atoms with Crippen LogP contribution in [0.5, 0.6) is 5.75 Å². The summed E-state index contributed by atoms with van der Waals surface area (Å²) < 4.78 is 5.75. The third-order valence-electron chi connectivity index (χ3n) is 3.02. The van der Waals surface area contributed by atoms with E-state index in [2.05, 4.69) is 31.0 Å². The Morgan fingerprint density at radius 1 is 1.40 bits per heavy atom. The quantitative estimate of drug-likeness (QED) is 0.752. The summed E-state index contributed by atoms with van der Waals surface area (Å²) >= 11 is 1.51. The van der Waals surface area contributed by atoms with Crippen molar-refractivity contribution in [2.24, 2.45) is 0 Å². The first kappa shape index (κ1) is 14.7. The predicted octanol–water partition coefficient (Wildman–Crippen LogP) is 4.09. The number of carbonyl (C=O) groups excluding carboxylic acids is 1. The summed E-state index contributed by atoms with van der Waals surface area (Å²) in [5.41, 5.74) is 1.82. The SMILES string of the molecule is CC(=O)c1csc(CCOc2cccc(C(C)C)c2)n1. The number of aromatic nitrogens is 1. The smallest absolute Gasteiger partial charge is 0.178 e. The third kappa shape index (κ3) is 3.90. The molecule has 0 saturated carbocycles. The van der Waals surface area contributed by atoms with Gasteiger partial charge in [0, 0.05) is 18.7 Å². The summed E-state index contributed by atoms with van der Waals surface area (Å²) in [5.74, 6) is 1.40. The monoisotopic (exact) mass is 289 g/mol. The fourth-order valence-electron chi connectivity index (χ4n) is 1.81. The van der Waals surface area contributed by atoms with Gasteiger partial charge in [0.05, 0.1) is 11.6 Å². The van der Waals surface area contributed by atoms with Crippen LogP contribution in [0.25, 0.3) is 0 Å². The van der Waals surface area contributed by atoms with E-state index in [4.69, 9.17) is 4.74 Å². The molecule has 0 spiro atoms. The van der Waals surface area contributed by atoms with E-state index in [0.717, 1.165) is 17.2 Å². The van der Waals surface area contributed by atoms with Crippen molar-refractivity contribution in [1.82, 2.24) is 4.98 Å². The highest BCUT2D eigenvalue weighted by atomic mass is 32.1. The van der Waals surface area contributed by atoms with E-state index in [0.29, 0.717) is 18.2 Å². The van der Waals surface area contributed by atoms with Gasteiger partial charge >= 0.3 is 0 Å². The molecule has 1 heterocycles. The van der Waals surface area contributed by atoms with Gasteiger partial charge in [-0.25, -0.2) is 4.98 Å². The van der Waals surface area contributed by atoms with Crippen LogP contribution in [-0.2, 0) is 6.42 Å². The lowest BCUT2D eigenvalue weighted by molar-refractivity contribution is 0.101. The van der Waals surface area contributed by atoms with Crippen LogP contribution in [0, 0.1) is 0 Å². The van der Waals surface area contributed by atoms with Crippen molar-refractivity contribution in [3.8, 4) is 5.75 Å². The Labute approximate surface area is 123 Å². The van der Waals surface area contributed by atoms with E-state index in [1.54, 1.807) is 5.38 Å². The largest absolute Gasteiger partial charge is 0.493 e. The van der Waals surface area contributed by atoms with Crippen LogP contribution in [0.15, 0.2) is 29.6 Å². The van der Waals surface area contributed by atoms with Crippen LogP contribution in [-0.4, -0.2) is 17.4 Å². The first-order chi connectivity index (χ1) is 9.56. The van der Waals surface area contributed by atoms with Gasteiger partial charge in [-0.15, -0.1) is 11.3 Å². The molecule has 0 saturated heterocycles. The molecule has 0 N–H and O–H groups in total. The van der Waals surface area contributed by atoms with Gasteiger partial charge < -0.3 is 4.74 Å². The van der Waals surface area contributed by atoms with Gasteiger partial charge in [0.25, 0.3) is 0 Å². The van der Waals surface area contributed by atoms with Gasteiger partial charge in [-0.3, -0.25) is 4.79 Å². The zero-order valence-electron chi connectivity index (χ0n) is 12.1. The van der Waals surface area contributed by atoms with Crippen molar-refractivity contribution in [2.45, 2.75) is 33.1 Å². The number of ketones is 1. The molecule has 0 fully saturated rings. The summed E-state index contributed by atoms with van der Waals surface area (Å²) in [6.07, 6.45) is 0.726. The van der Waals surface area contributed by atoms with Crippen molar-refractivity contribution in [2.75, 3.05) is 6.61 Å². The average molecular weight is 289 g/mol. The van der Waals surface area contributed by atoms with E-state index in [1.807, 2.05) is 12.1 Å². The Morgan fingerprint density at radius 2 is 2.20 bits per heavy atom. The molecule has 106 valence electrons. The topological polar surface area (TPSA) is 39.2 Å². The summed E-state index contributed by atoms with van der Waals surface area (Å²) in [4.78, 5) is 15.4. The molecular formula is C16H19NO2S. The molecule has 0 unspecified atom stereocenters. The molecule has 0 aliphatic rings. The van der Waals surface area contributed by atoms with Crippen LogP contribution in [0.3, 0.4) is 0 Å². The van der Waals surface area contributed by atoms with Crippen molar-refractivity contribution < 1.29 is 9.53 Å². The molecule has 4 heteroatoms. The molecule has 0 radical (unpaired) electrons. The maximum atomic E-state index is 11.2. The molecule has 0 bridgehead atoms. The van der Waals surface area contributed by atoms with Crippen molar-refractivity contribution >= 4 is 17.1 Å². The minimum Gasteiger partial charge on any atom is -0.493 e. The second kappa shape index (κ2) is 6.66. The first-order valence-corrected chi connectivity index (χ1v) is 7.62. The Bertz CT molecular complexity index is 590. The van der Waals surface area contributed by atoms with Gasteiger partial charge in [0.1, 0.15) is 11.4 Å². The van der Waals surface area contributed by atoms with Gasteiger partial charge in [-0.05, 0) is 23.6 Å². The lowest BCUT2D eigenvalue weighted by atomic mass is 10.0. The van der Waals surface area contributed by atoms with Crippen LogP contribution in [0.1, 0.15) is 47.7 Å². The lowest BCUT2D eigenvalue weighted by Gasteiger charge is -2.09. The number of thiazole rings is 1. The molecule has 0 aliphatic carbocycles. The number of hydrogen-bond acceptors (Lipinski definition) is 4. The summed E-state index contributed by atoms with van der Waals surface area (Å²) in [5, 5.41) is 2.74. The zero-order valence-corrected chi connectivity index (χ0v) is 12.9. The minimum atomic E-state index is 0.0121. The third-order valence-corrected chi connectivity index (χ3v) is 3.93. The lowest BCUT2D eigenvalue weighted by Crippen LogP contribution is -2.02. The predicted molar refractivity (Wildman–Crippen MR) is 81.8 cm³/mol. The maximum Gasteiger partial charge on any atom is 0.178 e. The van der Waals surface area contributed by atoms with E-state index in [1.165, 1.54) is 23.8 Å². The molecule has 3 nitrogen and oxygen atoms in total. The number of nitrogens with zero attached hydrogens (tertiary/aromatic N) is 1. The number of carbonyl (C=O) groups is 1. The normalized spacial score (nSPS) is 10.8. The summed E-state index contributed by atoms with van der Waals surface area (Å²) in [7, 11) is 0. The van der Waals surface area contributed by atoms with Crippen molar-refractivity contribution in [3.05, 3.63) is 45.9 Å². The fourth-order valence-corrected chi connectivity index (χ4v) is 2.63. The average Bonchev–Trinajstić information content (AvgIpc) is 2.88. The number of rotatable bonds is 6. The second-order valence-electron chi connectivity index (χ2n) is 5.01. The fraction of sp³-hybridized carbons (Fsp3) is 0.375. The number of Topliss-reactive ketones (excluding diaryl/α,β-unsaturated/α-hetero) is 1. The highest BCUT2D eigenvalue weighted by molar-refractivity contribution is 7.09. The van der Waals surface area contributed by atoms with Gasteiger partial charge in [0.2, 0.25) is 0 Å². The van der Waals surface area contributed by atoms with Gasteiger partial charge in [-0.2, -0.15) is 0 Å². The minimum absolute atomic E-state index is 0.0121. The Kier molecular flexibility index (Phi) is 4.90. The molecule has 2 rings (SSSR count). The van der Waals surface area contributed by atoms with Crippen LogP contribution >= 0.6 is 11.3 Å². The highest BCUT2D eigenvalue weighted by Gasteiger charge is 2.06. The number of benzene rings is 1. The molecule has 0 atom stereocenters. The Hall–Kier alpha value is -1.68. The first-order valence-electron chi connectivity index (χ1n) is 6.74. The summed E-state index contributed by atoms with van der Waals surface area (Å²) in [6.45, 7) is 6.44. The Balaban J connectivity index is 1.89. The molecule has 1 aromatic carbocycles. The molecular weight excluding hydrogens is 270 g/mol. The molecule has 2 aromatic rings. The van der Waals surface area contributed by atoms with E-state index in [9.17, 15) is 4.79 Å². The zero-order chi connectivity index (χ0) is 14.5. The van der Waals surface area contributed by atoms with Crippen LogP contribution in [0.4, 0.5) is 0 Å². The standard InChI is InChI=1S/C16H19NO2S/c1-11(2)13-5-4-6-14(9-13)19-8-7-16-17-15(10-20-16)12(3)18/h4-6,9-11H,7-8H2,1-3H3.